The van der Waals surface area contributed by atoms with E-state index in [0.717, 1.165) is 25.9 Å². The van der Waals surface area contributed by atoms with Gasteiger partial charge in [0.15, 0.2) is 6.10 Å². The largest absolute Gasteiger partial charge is 0.453 e. The van der Waals surface area contributed by atoms with Crippen LogP contribution in [0.3, 0.4) is 0 Å². The summed E-state index contributed by atoms with van der Waals surface area (Å²) in [6.07, 6.45) is 19.5. The van der Waals surface area contributed by atoms with Crippen molar-refractivity contribution in [2.75, 3.05) is 13.1 Å². The first-order valence-corrected chi connectivity index (χ1v) is 12.5. The monoisotopic (exact) mass is 411 g/mol. The highest BCUT2D eigenvalue weighted by atomic mass is 16.5. The van der Waals surface area contributed by atoms with Crippen LogP contribution in [0.1, 0.15) is 130 Å². The summed E-state index contributed by atoms with van der Waals surface area (Å²) in [5.41, 5.74) is 0. The summed E-state index contributed by atoms with van der Waals surface area (Å²) in [5, 5.41) is 0. The van der Waals surface area contributed by atoms with Gasteiger partial charge >= 0.3 is 5.97 Å². The van der Waals surface area contributed by atoms with Crippen LogP contribution in [0.4, 0.5) is 0 Å². The summed E-state index contributed by atoms with van der Waals surface area (Å²) < 4.78 is 5.13. The van der Waals surface area contributed by atoms with Crippen LogP contribution < -0.4 is 0 Å². The molecule has 0 saturated carbocycles. The van der Waals surface area contributed by atoms with Gasteiger partial charge in [-0.05, 0) is 19.8 Å². The van der Waals surface area contributed by atoms with Gasteiger partial charge < -0.3 is 9.64 Å². The molecule has 0 aromatic carbocycles. The van der Waals surface area contributed by atoms with Crippen molar-refractivity contribution in [3.63, 3.8) is 0 Å². The predicted molar refractivity (Wildman–Crippen MR) is 123 cm³/mol. The van der Waals surface area contributed by atoms with Crippen molar-refractivity contribution in [2.45, 2.75) is 137 Å². The lowest BCUT2D eigenvalue weighted by atomic mass is 10.1. The number of unbranched alkanes of at least 4 members (excludes halogenated alkanes) is 14. The number of carbonyl (C=O) groups excluding carboxylic acids is 2. The smallest absolute Gasteiger partial charge is 0.303 e. The fraction of sp³-hybridized carbons (Fsp3) is 0.920. The molecular weight excluding hydrogens is 362 g/mol. The minimum absolute atomic E-state index is 0.0360. The number of esters is 1. The lowest BCUT2D eigenvalue weighted by Gasteiger charge is -2.25. The van der Waals surface area contributed by atoms with Gasteiger partial charge in [0.2, 0.25) is 0 Å². The van der Waals surface area contributed by atoms with E-state index in [4.69, 9.17) is 4.74 Å². The maximum Gasteiger partial charge on any atom is 0.303 e. The molecule has 0 spiro atoms. The molecule has 0 aromatic heterocycles. The standard InChI is InChI=1S/C25H49NO3/c1-5-7-9-11-13-15-17-19-21-26(25(28)23(3)29-24(4)27)22-20-18-16-14-12-10-8-6-2/h23H,5-22H2,1-4H3/t23-/m1/s1. The second-order valence-corrected chi connectivity index (χ2v) is 8.53. The summed E-state index contributed by atoms with van der Waals surface area (Å²) in [6, 6.07) is 0. The summed E-state index contributed by atoms with van der Waals surface area (Å²) in [5.74, 6) is -0.420. The fourth-order valence-corrected chi connectivity index (χ4v) is 3.76. The Hall–Kier alpha value is -1.06. The molecule has 0 bridgehead atoms. The van der Waals surface area contributed by atoms with Crippen LogP contribution in [0.2, 0.25) is 0 Å². The number of amides is 1. The zero-order chi connectivity index (χ0) is 21.7. The Morgan fingerprint density at radius 3 is 1.34 bits per heavy atom. The van der Waals surface area contributed by atoms with E-state index >= 15 is 0 Å². The Kier molecular flexibility index (Phi) is 19.5. The summed E-state index contributed by atoms with van der Waals surface area (Å²) in [6.45, 7) is 9.12. The molecule has 0 aliphatic rings. The molecule has 1 amide bonds. The summed E-state index contributed by atoms with van der Waals surface area (Å²) in [7, 11) is 0. The zero-order valence-corrected chi connectivity index (χ0v) is 20.0. The van der Waals surface area contributed by atoms with E-state index in [2.05, 4.69) is 13.8 Å². The van der Waals surface area contributed by atoms with E-state index < -0.39 is 6.10 Å². The van der Waals surface area contributed by atoms with Gasteiger partial charge in [0.1, 0.15) is 0 Å². The highest BCUT2D eigenvalue weighted by molar-refractivity contribution is 5.83. The van der Waals surface area contributed by atoms with Gasteiger partial charge in [0.05, 0.1) is 0 Å². The minimum Gasteiger partial charge on any atom is -0.453 e. The Labute approximate surface area is 181 Å². The van der Waals surface area contributed by atoms with Crippen LogP contribution >= 0.6 is 0 Å². The molecule has 0 radical (unpaired) electrons. The third-order valence-corrected chi connectivity index (χ3v) is 5.57. The molecule has 0 rings (SSSR count). The number of nitrogens with zero attached hydrogens (tertiary/aromatic N) is 1. The molecule has 0 aliphatic heterocycles. The van der Waals surface area contributed by atoms with Gasteiger partial charge in [0.25, 0.3) is 5.91 Å². The number of rotatable bonds is 20. The highest BCUT2D eigenvalue weighted by Crippen LogP contribution is 2.12. The Morgan fingerprint density at radius 1 is 0.655 bits per heavy atom. The highest BCUT2D eigenvalue weighted by Gasteiger charge is 2.22. The third-order valence-electron chi connectivity index (χ3n) is 5.57. The third kappa shape index (κ3) is 17.5. The number of hydrogen-bond acceptors (Lipinski definition) is 3. The van der Waals surface area contributed by atoms with E-state index in [1.54, 1.807) is 6.92 Å². The zero-order valence-electron chi connectivity index (χ0n) is 20.0. The first-order valence-electron chi connectivity index (χ1n) is 12.5. The summed E-state index contributed by atoms with van der Waals surface area (Å²) >= 11 is 0. The SMILES string of the molecule is CCCCCCCCCCN(CCCCCCCCCC)C(=O)[C@@H](C)OC(C)=O. The van der Waals surface area contributed by atoms with E-state index in [1.807, 2.05) is 4.90 Å². The molecule has 1 atom stereocenters. The topological polar surface area (TPSA) is 46.6 Å². The van der Waals surface area contributed by atoms with Crippen molar-refractivity contribution in [2.24, 2.45) is 0 Å². The van der Waals surface area contributed by atoms with Crippen LogP contribution in [-0.4, -0.2) is 36.0 Å². The van der Waals surface area contributed by atoms with Gasteiger partial charge in [-0.2, -0.15) is 0 Å². The number of carbonyl (C=O) groups is 2. The van der Waals surface area contributed by atoms with E-state index in [9.17, 15) is 9.59 Å². The molecule has 0 fully saturated rings. The maximum absolute atomic E-state index is 12.7. The van der Waals surface area contributed by atoms with Gasteiger partial charge in [-0.3, -0.25) is 9.59 Å². The first-order chi connectivity index (χ1) is 14.0. The second kappa shape index (κ2) is 20.2. The van der Waals surface area contributed by atoms with Gasteiger partial charge in [-0.25, -0.2) is 0 Å². The van der Waals surface area contributed by atoms with Crippen molar-refractivity contribution in [3.05, 3.63) is 0 Å². The maximum atomic E-state index is 12.7. The summed E-state index contributed by atoms with van der Waals surface area (Å²) in [4.78, 5) is 25.8. The van der Waals surface area contributed by atoms with E-state index in [0.29, 0.717) is 0 Å². The molecule has 0 aromatic rings. The molecule has 172 valence electrons. The van der Waals surface area contributed by atoms with Gasteiger partial charge in [0, 0.05) is 20.0 Å². The molecular formula is C25H49NO3. The molecule has 4 heteroatoms. The second-order valence-electron chi connectivity index (χ2n) is 8.53. The lowest BCUT2D eigenvalue weighted by Crippen LogP contribution is -2.41. The Bertz CT molecular complexity index is 378. The van der Waals surface area contributed by atoms with Crippen molar-refractivity contribution in [1.29, 1.82) is 0 Å². The van der Waals surface area contributed by atoms with Crippen LogP contribution in [-0.2, 0) is 14.3 Å². The molecule has 0 heterocycles. The van der Waals surface area contributed by atoms with Crippen LogP contribution in [0.15, 0.2) is 0 Å². The predicted octanol–water partition coefficient (Wildman–Crippen LogP) is 7.05. The molecule has 0 unspecified atom stereocenters. The molecule has 0 N–H and O–H groups in total. The molecule has 0 aliphatic carbocycles. The normalized spacial score (nSPS) is 12.0. The molecule has 29 heavy (non-hydrogen) atoms. The minimum atomic E-state index is -0.671. The average molecular weight is 412 g/mol. The number of ether oxygens (including phenoxy) is 1. The van der Waals surface area contributed by atoms with Crippen LogP contribution in [0, 0.1) is 0 Å². The van der Waals surface area contributed by atoms with E-state index in [-0.39, 0.29) is 11.9 Å². The quantitative estimate of drug-likeness (QED) is 0.159. The first kappa shape index (κ1) is 27.9. The molecule has 4 nitrogen and oxygen atoms in total. The lowest BCUT2D eigenvalue weighted by molar-refractivity contribution is -0.157. The van der Waals surface area contributed by atoms with Gasteiger partial charge in [-0.1, -0.05) is 104 Å². The van der Waals surface area contributed by atoms with Crippen molar-refractivity contribution in [1.82, 2.24) is 4.90 Å². The number of hydrogen-bond donors (Lipinski definition) is 0. The van der Waals surface area contributed by atoms with Crippen molar-refractivity contribution < 1.29 is 14.3 Å². The molecule has 0 saturated heterocycles. The van der Waals surface area contributed by atoms with Crippen molar-refractivity contribution >= 4 is 11.9 Å². The van der Waals surface area contributed by atoms with Crippen molar-refractivity contribution in [3.8, 4) is 0 Å². The van der Waals surface area contributed by atoms with Crippen LogP contribution in [0.5, 0.6) is 0 Å². The fourth-order valence-electron chi connectivity index (χ4n) is 3.76. The van der Waals surface area contributed by atoms with Crippen LogP contribution in [0.25, 0.3) is 0 Å². The van der Waals surface area contributed by atoms with Gasteiger partial charge in [-0.15, -0.1) is 0 Å². The average Bonchev–Trinajstić information content (AvgIpc) is 2.69. The Balaban J connectivity index is 4.16. The van der Waals surface area contributed by atoms with E-state index in [1.165, 1.54) is 96.8 Å². The Morgan fingerprint density at radius 2 is 1.00 bits per heavy atom.